The van der Waals surface area contributed by atoms with E-state index in [1.54, 1.807) is 0 Å². The van der Waals surface area contributed by atoms with Gasteiger partial charge in [-0.15, -0.1) is 0 Å². The summed E-state index contributed by atoms with van der Waals surface area (Å²) in [4.78, 5) is 5.36. The molecule has 2 heterocycles. The molecular formula is C14H29N3. The third-order valence-corrected chi connectivity index (χ3v) is 4.48. The van der Waals surface area contributed by atoms with Gasteiger partial charge in [-0.1, -0.05) is 6.42 Å². The zero-order valence-electron chi connectivity index (χ0n) is 11.6. The quantitative estimate of drug-likeness (QED) is 0.806. The van der Waals surface area contributed by atoms with Crippen LogP contribution in [0.1, 0.15) is 39.5 Å². The Kier molecular flexibility index (Phi) is 5.26. The van der Waals surface area contributed by atoms with Gasteiger partial charge in [-0.3, -0.25) is 4.90 Å². The van der Waals surface area contributed by atoms with Crippen molar-refractivity contribution >= 4 is 0 Å². The molecule has 0 aromatic heterocycles. The van der Waals surface area contributed by atoms with Crippen molar-refractivity contribution in [1.82, 2.24) is 15.1 Å². The maximum atomic E-state index is 3.48. The average molecular weight is 239 g/mol. The van der Waals surface area contributed by atoms with Gasteiger partial charge in [0.05, 0.1) is 0 Å². The van der Waals surface area contributed by atoms with Crippen molar-refractivity contribution in [3.05, 3.63) is 0 Å². The van der Waals surface area contributed by atoms with Crippen LogP contribution in [-0.2, 0) is 0 Å². The average Bonchev–Trinajstić information content (AvgIpc) is 2.57. The van der Waals surface area contributed by atoms with Gasteiger partial charge in [0.2, 0.25) is 0 Å². The van der Waals surface area contributed by atoms with E-state index in [1.165, 1.54) is 65.0 Å². The molecule has 3 nitrogen and oxygen atoms in total. The summed E-state index contributed by atoms with van der Waals surface area (Å²) < 4.78 is 0. The zero-order chi connectivity index (χ0) is 12.1. The lowest BCUT2D eigenvalue weighted by Crippen LogP contribution is -2.47. The molecule has 2 aliphatic heterocycles. The SMILES string of the molecule is C[C@@H]1CCC[C@H](C)N1CCN1CCCNCC1. The minimum Gasteiger partial charge on any atom is -0.315 e. The molecule has 0 radical (unpaired) electrons. The van der Waals surface area contributed by atoms with Crippen molar-refractivity contribution in [3.8, 4) is 0 Å². The lowest BCUT2D eigenvalue weighted by Gasteiger charge is -2.40. The number of hydrogen-bond donors (Lipinski definition) is 1. The van der Waals surface area contributed by atoms with Crippen LogP contribution < -0.4 is 5.32 Å². The topological polar surface area (TPSA) is 18.5 Å². The zero-order valence-corrected chi connectivity index (χ0v) is 11.6. The lowest BCUT2D eigenvalue weighted by molar-refractivity contribution is 0.0887. The Morgan fingerprint density at radius 3 is 2.47 bits per heavy atom. The summed E-state index contributed by atoms with van der Waals surface area (Å²) in [6.07, 6.45) is 5.52. The van der Waals surface area contributed by atoms with Gasteiger partial charge >= 0.3 is 0 Å². The van der Waals surface area contributed by atoms with E-state index in [0.29, 0.717) is 0 Å². The van der Waals surface area contributed by atoms with Gasteiger partial charge in [-0.2, -0.15) is 0 Å². The Labute approximate surface area is 107 Å². The van der Waals surface area contributed by atoms with Crippen molar-refractivity contribution in [1.29, 1.82) is 0 Å². The summed E-state index contributed by atoms with van der Waals surface area (Å²) in [7, 11) is 0. The van der Waals surface area contributed by atoms with Crippen LogP contribution >= 0.6 is 0 Å². The van der Waals surface area contributed by atoms with E-state index in [9.17, 15) is 0 Å². The fraction of sp³-hybridized carbons (Fsp3) is 1.00. The first-order chi connectivity index (χ1) is 8.27. The molecule has 0 spiro atoms. The molecule has 0 aromatic carbocycles. The van der Waals surface area contributed by atoms with Gasteiger partial charge < -0.3 is 10.2 Å². The fourth-order valence-corrected chi connectivity index (χ4v) is 3.30. The van der Waals surface area contributed by atoms with Crippen LogP contribution in [-0.4, -0.2) is 61.2 Å². The predicted octanol–water partition coefficient (Wildman–Crippen LogP) is 1.54. The number of nitrogens with one attached hydrogen (secondary N) is 1. The Balaban J connectivity index is 1.75. The highest BCUT2D eigenvalue weighted by molar-refractivity contribution is 4.80. The van der Waals surface area contributed by atoms with Gasteiger partial charge in [0.1, 0.15) is 0 Å². The number of hydrogen-bond acceptors (Lipinski definition) is 3. The number of likely N-dealkylation sites (tertiary alicyclic amines) is 1. The number of piperidine rings is 1. The van der Waals surface area contributed by atoms with Crippen molar-refractivity contribution in [2.24, 2.45) is 0 Å². The molecule has 2 saturated heterocycles. The molecule has 3 heteroatoms. The van der Waals surface area contributed by atoms with E-state index in [-0.39, 0.29) is 0 Å². The molecule has 2 fully saturated rings. The predicted molar refractivity (Wildman–Crippen MR) is 73.4 cm³/mol. The van der Waals surface area contributed by atoms with E-state index in [2.05, 4.69) is 29.0 Å². The van der Waals surface area contributed by atoms with E-state index in [0.717, 1.165) is 12.1 Å². The van der Waals surface area contributed by atoms with Crippen LogP contribution in [0, 0.1) is 0 Å². The molecule has 0 aromatic rings. The van der Waals surface area contributed by atoms with Crippen molar-refractivity contribution in [2.75, 3.05) is 39.3 Å². The maximum absolute atomic E-state index is 3.48. The monoisotopic (exact) mass is 239 g/mol. The summed E-state index contributed by atoms with van der Waals surface area (Å²) >= 11 is 0. The van der Waals surface area contributed by atoms with Crippen LogP contribution in [0.2, 0.25) is 0 Å². The summed E-state index contributed by atoms with van der Waals surface area (Å²) in [6.45, 7) is 12.2. The summed E-state index contributed by atoms with van der Waals surface area (Å²) in [5.41, 5.74) is 0. The number of rotatable bonds is 3. The van der Waals surface area contributed by atoms with E-state index in [1.807, 2.05) is 0 Å². The molecule has 2 aliphatic rings. The van der Waals surface area contributed by atoms with E-state index >= 15 is 0 Å². The highest BCUT2D eigenvalue weighted by Crippen LogP contribution is 2.21. The Bertz CT molecular complexity index is 202. The third-order valence-electron chi connectivity index (χ3n) is 4.48. The molecule has 0 aliphatic carbocycles. The smallest absolute Gasteiger partial charge is 0.0115 e. The molecule has 100 valence electrons. The molecule has 0 amide bonds. The van der Waals surface area contributed by atoms with Gasteiger partial charge in [0.15, 0.2) is 0 Å². The Hall–Kier alpha value is -0.120. The molecule has 0 saturated carbocycles. The summed E-state index contributed by atoms with van der Waals surface area (Å²) in [6, 6.07) is 1.59. The van der Waals surface area contributed by atoms with Crippen molar-refractivity contribution in [2.45, 2.75) is 51.6 Å². The van der Waals surface area contributed by atoms with Crippen LogP contribution in [0.25, 0.3) is 0 Å². The maximum Gasteiger partial charge on any atom is 0.0115 e. The Morgan fingerprint density at radius 1 is 0.941 bits per heavy atom. The third kappa shape index (κ3) is 3.94. The highest BCUT2D eigenvalue weighted by atomic mass is 15.2. The van der Waals surface area contributed by atoms with E-state index in [4.69, 9.17) is 0 Å². The van der Waals surface area contributed by atoms with Crippen LogP contribution in [0.15, 0.2) is 0 Å². The number of nitrogens with zero attached hydrogens (tertiary/aromatic N) is 2. The van der Waals surface area contributed by atoms with Crippen LogP contribution in [0.3, 0.4) is 0 Å². The second kappa shape index (κ2) is 6.72. The second-order valence-electron chi connectivity index (χ2n) is 5.81. The van der Waals surface area contributed by atoms with Gasteiger partial charge in [0.25, 0.3) is 0 Å². The van der Waals surface area contributed by atoms with Gasteiger partial charge in [0, 0.05) is 38.3 Å². The molecule has 1 N–H and O–H groups in total. The normalized spacial score (nSPS) is 33.5. The minimum atomic E-state index is 0.795. The molecule has 0 unspecified atom stereocenters. The summed E-state index contributed by atoms with van der Waals surface area (Å²) in [5, 5.41) is 3.48. The molecular weight excluding hydrogens is 210 g/mol. The lowest BCUT2D eigenvalue weighted by atomic mass is 9.97. The second-order valence-corrected chi connectivity index (χ2v) is 5.81. The molecule has 2 rings (SSSR count). The Morgan fingerprint density at radius 2 is 1.71 bits per heavy atom. The first-order valence-corrected chi connectivity index (χ1v) is 7.46. The standard InChI is InChI=1S/C14H29N3/c1-13-5-3-6-14(2)17(13)12-11-16-9-4-7-15-8-10-16/h13-15H,3-12H2,1-2H3/t13-,14+. The van der Waals surface area contributed by atoms with Gasteiger partial charge in [-0.25, -0.2) is 0 Å². The van der Waals surface area contributed by atoms with Crippen LogP contribution in [0.5, 0.6) is 0 Å². The van der Waals surface area contributed by atoms with Crippen LogP contribution in [0.4, 0.5) is 0 Å². The molecule has 0 bridgehead atoms. The van der Waals surface area contributed by atoms with Crippen molar-refractivity contribution < 1.29 is 0 Å². The van der Waals surface area contributed by atoms with Gasteiger partial charge in [-0.05, 0) is 46.2 Å². The largest absolute Gasteiger partial charge is 0.315 e. The highest BCUT2D eigenvalue weighted by Gasteiger charge is 2.24. The first-order valence-electron chi connectivity index (χ1n) is 7.46. The molecule has 17 heavy (non-hydrogen) atoms. The minimum absolute atomic E-state index is 0.795. The van der Waals surface area contributed by atoms with Crippen molar-refractivity contribution in [3.63, 3.8) is 0 Å². The first kappa shape index (κ1) is 13.3. The van der Waals surface area contributed by atoms with E-state index < -0.39 is 0 Å². The molecule has 2 atom stereocenters. The fourth-order valence-electron chi connectivity index (χ4n) is 3.30. The summed E-state index contributed by atoms with van der Waals surface area (Å²) in [5.74, 6) is 0.